The molecule has 2 aliphatic heterocycles. The summed E-state index contributed by atoms with van der Waals surface area (Å²) in [5, 5.41) is 19.6. The van der Waals surface area contributed by atoms with E-state index in [1.165, 1.54) is 4.90 Å². The first kappa shape index (κ1) is 30.3. The lowest BCUT2D eigenvalue weighted by atomic mass is 9.94. The Hall–Kier alpha value is -1.76. The molecule has 2 saturated heterocycles. The van der Waals surface area contributed by atoms with E-state index in [1.54, 1.807) is 4.90 Å². The normalized spacial score (nSPS) is 25.5. The molecule has 0 bridgehead atoms. The van der Waals surface area contributed by atoms with Gasteiger partial charge in [0.25, 0.3) is 0 Å². The van der Waals surface area contributed by atoms with Crippen LogP contribution in [0.5, 0.6) is 0 Å². The summed E-state index contributed by atoms with van der Waals surface area (Å²) in [6, 6.07) is 0. The molecule has 0 aliphatic carbocycles. The van der Waals surface area contributed by atoms with E-state index in [-0.39, 0.29) is 29.5 Å². The van der Waals surface area contributed by atoms with Crippen LogP contribution in [0, 0.1) is 11.8 Å². The van der Waals surface area contributed by atoms with Crippen molar-refractivity contribution in [2.75, 3.05) is 26.2 Å². The first-order valence-electron chi connectivity index (χ1n) is 11.3. The van der Waals surface area contributed by atoms with Crippen LogP contribution in [0.25, 0.3) is 0 Å². The minimum absolute atomic E-state index is 0.205. The third-order valence-corrected chi connectivity index (χ3v) is 5.80. The summed E-state index contributed by atoms with van der Waals surface area (Å²) >= 11 is 9.75. The van der Waals surface area contributed by atoms with E-state index in [1.807, 2.05) is 41.5 Å². The van der Waals surface area contributed by atoms with Crippen molar-refractivity contribution in [3.63, 3.8) is 0 Å². The van der Waals surface area contributed by atoms with E-state index in [2.05, 4.69) is 0 Å². The molecule has 2 fully saturated rings. The van der Waals surface area contributed by atoms with Crippen molar-refractivity contribution in [3.05, 3.63) is 0 Å². The molecular formula is C22H40N4O6S2. The standard InChI is InChI=1S/2C11H20N2O3S/c1-11(2,3)16-10(15)13-5-4-8(14)7(6-13)9(12)17;1-11(2,3)16-10(15)13-5-4-7(9(12)17)8(14)6-13/h2*7-8,14H,4-6H2,1-3H3,(H2,12,17). The van der Waals surface area contributed by atoms with Crippen molar-refractivity contribution in [1.29, 1.82) is 0 Å². The highest BCUT2D eigenvalue weighted by atomic mass is 32.1. The Morgan fingerprint density at radius 1 is 0.765 bits per heavy atom. The molecule has 2 rings (SSSR count). The predicted molar refractivity (Wildman–Crippen MR) is 137 cm³/mol. The number of rotatable bonds is 2. The van der Waals surface area contributed by atoms with Crippen LogP contribution in [0.3, 0.4) is 0 Å². The minimum Gasteiger partial charge on any atom is -0.444 e. The molecule has 0 saturated carbocycles. The maximum atomic E-state index is 11.8. The van der Waals surface area contributed by atoms with Crippen molar-refractivity contribution in [2.24, 2.45) is 23.3 Å². The van der Waals surface area contributed by atoms with Gasteiger partial charge in [0.1, 0.15) is 11.2 Å². The molecular weight excluding hydrogens is 480 g/mol. The number of piperidine rings is 2. The monoisotopic (exact) mass is 520 g/mol. The van der Waals surface area contributed by atoms with Crippen LogP contribution >= 0.6 is 24.4 Å². The number of ether oxygens (including phenoxy) is 2. The Bertz CT molecular complexity index is 753. The second-order valence-corrected chi connectivity index (χ2v) is 11.5. The van der Waals surface area contributed by atoms with E-state index >= 15 is 0 Å². The zero-order valence-electron chi connectivity index (χ0n) is 20.9. The largest absolute Gasteiger partial charge is 0.444 e. The number of aliphatic hydroxyl groups excluding tert-OH is 2. The fourth-order valence-corrected chi connectivity index (χ4v) is 3.97. The van der Waals surface area contributed by atoms with Crippen molar-refractivity contribution in [3.8, 4) is 0 Å². The number of β-amino-alcohol motifs (C(OH)–C–C–N with tert-alkyl or cyclic N) is 1. The van der Waals surface area contributed by atoms with Gasteiger partial charge in [-0.05, 0) is 54.4 Å². The first-order chi connectivity index (χ1) is 15.4. The Kier molecular flexibility index (Phi) is 10.9. The Morgan fingerprint density at radius 3 is 1.56 bits per heavy atom. The molecule has 0 aromatic carbocycles. The highest BCUT2D eigenvalue weighted by molar-refractivity contribution is 7.80. The average molecular weight is 521 g/mol. The van der Waals surface area contributed by atoms with Crippen molar-refractivity contribution in [1.82, 2.24) is 9.80 Å². The van der Waals surface area contributed by atoms with Gasteiger partial charge in [-0.15, -0.1) is 0 Å². The lowest BCUT2D eigenvalue weighted by Crippen LogP contribution is -2.51. The molecule has 4 unspecified atom stereocenters. The third-order valence-electron chi connectivity index (χ3n) is 5.19. The Balaban J connectivity index is 0.000000340. The van der Waals surface area contributed by atoms with Crippen molar-refractivity contribution >= 4 is 46.6 Å². The van der Waals surface area contributed by atoms with Crippen LogP contribution in [0.2, 0.25) is 0 Å². The predicted octanol–water partition coefficient (Wildman–Crippen LogP) is 1.78. The number of likely N-dealkylation sites (tertiary alicyclic amines) is 2. The van der Waals surface area contributed by atoms with Gasteiger partial charge >= 0.3 is 12.2 Å². The van der Waals surface area contributed by atoms with Gasteiger partial charge in [-0.25, -0.2) is 9.59 Å². The fraction of sp³-hybridized carbons (Fsp3) is 0.818. The summed E-state index contributed by atoms with van der Waals surface area (Å²) in [6.45, 7) is 12.4. The summed E-state index contributed by atoms with van der Waals surface area (Å²) in [4.78, 5) is 27.2. The summed E-state index contributed by atoms with van der Waals surface area (Å²) < 4.78 is 10.5. The summed E-state index contributed by atoms with van der Waals surface area (Å²) in [5.74, 6) is -0.546. The maximum absolute atomic E-state index is 11.8. The average Bonchev–Trinajstić information content (AvgIpc) is 2.65. The molecule has 12 heteroatoms. The van der Waals surface area contributed by atoms with E-state index in [4.69, 9.17) is 45.4 Å². The molecule has 0 aromatic rings. The molecule has 4 atom stereocenters. The van der Waals surface area contributed by atoms with Crippen LogP contribution < -0.4 is 11.5 Å². The molecule has 2 heterocycles. The lowest BCUT2D eigenvalue weighted by molar-refractivity contribution is -0.00300. The molecule has 34 heavy (non-hydrogen) atoms. The van der Waals surface area contributed by atoms with Gasteiger partial charge in [-0.3, -0.25) is 0 Å². The smallest absolute Gasteiger partial charge is 0.410 e. The van der Waals surface area contributed by atoms with Crippen LogP contribution in [0.4, 0.5) is 9.59 Å². The van der Waals surface area contributed by atoms with Crippen LogP contribution in [0.1, 0.15) is 54.4 Å². The van der Waals surface area contributed by atoms with Gasteiger partial charge < -0.3 is 41.0 Å². The zero-order chi connectivity index (χ0) is 26.4. The van der Waals surface area contributed by atoms with Crippen molar-refractivity contribution in [2.45, 2.75) is 77.8 Å². The molecule has 2 amide bonds. The zero-order valence-corrected chi connectivity index (χ0v) is 22.6. The maximum Gasteiger partial charge on any atom is 0.410 e. The van der Waals surface area contributed by atoms with Gasteiger partial charge in [0.05, 0.1) is 34.6 Å². The molecule has 0 radical (unpaired) electrons. The number of aliphatic hydroxyl groups is 2. The number of carbonyl (C=O) groups is 2. The molecule has 10 nitrogen and oxygen atoms in total. The van der Waals surface area contributed by atoms with Crippen LogP contribution in [-0.2, 0) is 9.47 Å². The van der Waals surface area contributed by atoms with Gasteiger partial charge in [0.2, 0.25) is 0 Å². The number of thiocarbonyl (C=S) groups is 2. The second-order valence-electron chi connectivity index (χ2n) is 10.6. The third kappa shape index (κ3) is 10.2. The molecule has 6 N–H and O–H groups in total. The first-order valence-corrected chi connectivity index (χ1v) is 12.1. The topological polar surface area (TPSA) is 152 Å². The van der Waals surface area contributed by atoms with Crippen LogP contribution in [0.15, 0.2) is 0 Å². The van der Waals surface area contributed by atoms with Gasteiger partial charge in [-0.1, -0.05) is 24.4 Å². The highest BCUT2D eigenvalue weighted by Gasteiger charge is 2.35. The van der Waals surface area contributed by atoms with Crippen LogP contribution in [-0.4, -0.2) is 91.8 Å². The number of amides is 2. The molecule has 2 aliphatic rings. The number of nitrogens with two attached hydrogens (primary N) is 2. The van der Waals surface area contributed by atoms with E-state index in [0.29, 0.717) is 37.5 Å². The molecule has 0 spiro atoms. The van der Waals surface area contributed by atoms with Gasteiger partial charge in [-0.2, -0.15) is 0 Å². The molecule has 196 valence electrons. The SMILES string of the molecule is CC(C)(C)OC(=O)N1CCC(C(N)=S)C(O)C1.CC(C)(C)OC(=O)N1CCC(O)C(C(N)=S)C1. The van der Waals surface area contributed by atoms with Crippen molar-refractivity contribution < 1.29 is 29.3 Å². The number of nitrogens with zero attached hydrogens (tertiary/aromatic N) is 2. The summed E-state index contributed by atoms with van der Waals surface area (Å²) in [7, 11) is 0. The Morgan fingerprint density at radius 2 is 1.18 bits per heavy atom. The molecule has 0 aromatic heterocycles. The number of hydrogen-bond donors (Lipinski definition) is 4. The van der Waals surface area contributed by atoms with E-state index in [9.17, 15) is 19.8 Å². The fourth-order valence-electron chi connectivity index (χ4n) is 3.47. The summed E-state index contributed by atoms with van der Waals surface area (Å²) in [6.07, 6.45) is -1.000. The van der Waals surface area contributed by atoms with E-state index < -0.39 is 29.5 Å². The minimum atomic E-state index is -0.700. The van der Waals surface area contributed by atoms with Gasteiger partial charge in [0, 0.05) is 25.6 Å². The Labute approximate surface area is 212 Å². The quantitative estimate of drug-likeness (QED) is 0.397. The second kappa shape index (κ2) is 12.3. The van der Waals surface area contributed by atoms with E-state index in [0.717, 1.165) is 0 Å². The lowest BCUT2D eigenvalue weighted by Gasteiger charge is -2.36. The summed E-state index contributed by atoms with van der Waals surface area (Å²) in [5.41, 5.74) is 10.0. The number of carbonyl (C=O) groups excluding carboxylic acids is 2. The highest BCUT2D eigenvalue weighted by Crippen LogP contribution is 2.21. The van der Waals surface area contributed by atoms with Gasteiger partial charge in [0.15, 0.2) is 0 Å². The number of hydrogen-bond acceptors (Lipinski definition) is 8.